The van der Waals surface area contributed by atoms with Crippen LogP contribution in [0.1, 0.15) is 20.8 Å². The van der Waals surface area contributed by atoms with Gasteiger partial charge in [-0.15, -0.1) is 6.42 Å². The van der Waals surface area contributed by atoms with E-state index >= 15 is 0 Å². The van der Waals surface area contributed by atoms with Crippen molar-refractivity contribution in [2.75, 3.05) is 26.7 Å². The number of nitrogens with zero attached hydrogens (tertiary/aromatic N) is 1. The second kappa shape index (κ2) is 6.94. The summed E-state index contributed by atoms with van der Waals surface area (Å²) in [6, 6.07) is 0.550. The fourth-order valence-electron chi connectivity index (χ4n) is 1.51. The van der Waals surface area contributed by atoms with Gasteiger partial charge in [0.05, 0.1) is 6.54 Å². The molecule has 1 N–H and O–H groups in total. The lowest BCUT2D eigenvalue weighted by Crippen LogP contribution is -2.40. The molecule has 2 nitrogen and oxygen atoms in total. The van der Waals surface area contributed by atoms with Gasteiger partial charge in [-0.2, -0.15) is 0 Å². The third-order valence-corrected chi connectivity index (χ3v) is 2.63. The maximum Gasteiger partial charge on any atom is 0.0601 e. The van der Waals surface area contributed by atoms with E-state index in [4.69, 9.17) is 6.42 Å². The molecule has 0 fully saturated rings. The minimum atomic E-state index is 0.550. The molecule has 0 saturated heterocycles. The Morgan fingerprint density at radius 3 is 2.46 bits per heavy atom. The molecule has 13 heavy (non-hydrogen) atoms. The van der Waals surface area contributed by atoms with Crippen LogP contribution < -0.4 is 5.32 Å². The van der Waals surface area contributed by atoms with E-state index in [9.17, 15) is 0 Å². The van der Waals surface area contributed by atoms with Crippen molar-refractivity contribution in [3.63, 3.8) is 0 Å². The SMILES string of the molecule is C#CCN(CC)C(C)C(C)CNC. The summed E-state index contributed by atoms with van der Waals surface area (Å²) in [7, 11) is 1.99. The van der Waals surface area contributed by atoms with Crippen LogP contribution in [0.4, 0.5) is 0 Å². The van der Waals surface area contributed by atoms with Gasteiger partial charge in [0.2, 0.25) is 0 Å². The summed E-state index contributed by atoms with van der Waals surface area (Å²) in [5.74, 6) is 3.34. The van der Waals surface area contributed by atoms with Gasteiger partial charge in [0.1, 0.15) is 0 Å². The summed E-state index contributed by atoms with van der Waals surface area (Å²) in [4.78, 5) is 2.32. The number of hydrogen-bond donors (Lipinski definition) is 1. The topological polar surface area (TPSA) is 15.3 Å². The van der Waals surface area contributed by atoms with Crippen molar-refractivity contribution in [2.24, 2.45) is 5.92 Å². The summed E-state index contributed by atoms with van der Waals surface area (Å²) in [6.07, 6.45) is 5.31. The molecule has 0 aromatic heterocycles. The van der Waals surface area contributed by atoms with Crippen molar-refractivity contribution < 1.29 is 0 Å². The van der Waals surface area contributed by atoms with E-state index in [0.717, 1.165) is 19.6 Å². The Kier molecular flexibility index (Phi) is 6.66. The van der Waals surface area contributed by atoms with Gasteiger partial charge in [-0.1, -0.05) is 19.8 Å². The van der Waals surface area contributed by atoms with E-state index in [-0.39, 0.29) is 0 Å². The zero-order chi connectivity index (χ0) is 10.3. The Balaban J connectivity index is 4.03. The minimum absolute atomic E-state index is 0.550. The van der Waals surface area contributed by atoms with Gasteiger partial charge in [0, 0.05) is 6.04 Å². The Bertz CT molecular complexity index is 160. The lowest BCUT2D eigenvalue weighted by Gasteiger charge is -2.30. The molecule has 0 rings (SSSR count). The molecule has 0 saturated carbocycles. The second-order valence-corrected chi connectivity index (χ2v) is 3.54. The van der Waals surface area contributed by atoms with Crippen LogP contribution in [0.15, 0.2) is 0 Å². The number of terminal acetylenes is 1. The molecule has 0 aliphatic heterocycles. The standard InChI is InChI=1S/C11H22N2/c1-6-8-13(7-2)11(4)10(3)9-12-5/h1,10-12H,7-9H2,2-5H3. The maximum atomic E-state index is 5.31. The van der Waals surface area contributed by atoms with E-state index in [2.05, 4.69) is 36.9 Å². The van der Waals surface area contributed by atoms with Crippen LogP contribution in [0.25, 0.3) is 0 Å². The van der Waals surface area contributed by atoms with Crippen molar-refractivity contribution in [1.29, 1.82) is 0 Å². The first-order chi connectivity index (χ1) is 6.17. The van der Waals surface area contributed by atoms with Crippen LogP contribution in [-0.2, 0) is 0 Å². The summed E-state index contributed by atoms with van der Waals surface area (Å²) in [5, 5.41) is 3.19. The molecule has 0 aromatic carbocycles. The zero-order valence-corrected chi connectivity index (χ0v) is 9.30. The molecule has 0 heterocycles. The molecule has 0 radical (unpaired) electrons. The molecule has 0 bridgehead atoms. The Hall–Kier alpha value is -0.520. The van der Waals surface area contributed by atoms with Crippen molar-refractivity contribution >= 4 is 0 Å². The third kappa shape index (κ3) is 4.31. The highest BCUT2D eigenvalue weighted by Gasteiger charge is 2.16. The van der Waals surface area contributed by atoms with Gasteiger partial charge in [0.25, 0.3) is 0 Å². The van der Waals surface area contributed by atoms with Crippen molar-refractivity contribution in [3.05, 3.63) is 0 Å². The first kappa shape index (κ1) is 12.5. The number of rotatable bonds is 6. The van der Waals surface area contributed by atoms with Crippen molar-refractivity contribution in [1.82, 2.24) is 10.2 Å². The summed E-state index contributed by atoms with van der Waals surface area (Å²) < 4.78 is 0. The fourth-order valence-corrected chi connectivity index (χ4v) is 1.51. The first-order valence-corrected chi connectivity index (χ1v) is 4.99. The summed E-state index contributed by atoms with van der Waals surface area (Å²) in [6.45, 7) is 9.47. The molecule has 0 spiro atoms. The van der Waals surface area contributed by atoms with Gasteiger partial charge in [0.15, 0.2) is 0 Å². The van der Waals surface area contributed by atoms with Crippen molar-refractivity contribution in [3.8, 4) is 12.3 Å². The normalized spacial score (nSPS) is 15.4. The monoisotopic (exact) mass is 182 g/mol. The van der Waals surface area contributed by atoms with Crippen LogP contribution in [0, 0.1) is 18.3 Å². The number of hydrogen-bond acceptors (Lipinski definition) is 2. The van der Waals surface area contributed by atoms with E-state index in [0.29, 0.717) is 12.0 Å². The Labute approximate surface area is 82.7 Å². The maximum absolute atomic E-state index is 5.31. The molecule has 0 aliphatic rings. The number of nitrogens with one attached hydrogen (secondary N) is 1. The van der Waals surface area contributed by atoms with Gasteiger partial charge in [-0.05, 0) is 33.0 Å². The Morgan fingerprint density at radius 1 is 1.46 bits per heavy atom. The molecule has 0 aliphatic carbocycles. The summed E-state index contributed by atoms with van der Waals surface area (Å²) >= 11 is 0. The van der Waals surface area contributed by atoms with Crippen LogP contribution in [0.3, 0.4) is 0 Å². The van der Waals surface area contributed by atoms with Crippen LogP contribution in [0.2, 0.25) is 0 Å². The van der Waals surface area contributed by atoms with E-state index < -0.39 is 0 Å². The Morgan fingerprint density at radius 2 is 2.08 bits per heavy atom. The average Bonchev–Trinajstić information content (AvgIpc) is 2.13. The molecule has 2 atom stereocenters. The first-order valence-electron chi connectivity index (χ1n) is 4.99. The van der Waals surface area contributed by atoms with Gasteiger partial charge < -0.3 is 5.32 Å². The highest BCUT2D eigenvalue weighted by Crippen LogP contribution is 2.09. The van der Waals surface area contributed by atoms with Crippen LogP contribution >= 0.6 is 0 Å². The van der Waals surface area contributed by atoms with Gasteiger partial charge >= 0.3 is 0 Å². The lowest BCUT2D eigenvalue weighted by atomic mass is 10.0. The minimum Gasteiger partial charge on any atom is -0.319 e. The summed E-state index contributed by atoms with van der Waals surface area (Å²) in [5.41, 5.74) is 0. The second-order valence-electron chi connectivity index (χ2n) is 3.54. The fraction of sp³-hybridized carbons (Fsp3) is 0.818. The lowest BCUT2D eigenvalue weighted by molar-refractivity contribution is 0.189. The molecular formula is C11H22N2. The van der Waals surface area contributed by atoms with E-state index in [1.807, 2.05) is 7.05 Å². The molecule has 0 amide bonds. The smallest absolute Gasteiger partial charge is 0.0601 e. The average molecular weight is 182 g/mol. The quantitative estimate of drug-likeness (QED) is 0.621. The van der Waals surface area contributed by atoms with Crippen molar-refractivity contribution in [2.45, 2.75) is 26.8 Å². The zero-order valence-electron chi connectivity index (χ0n) is 9.30. The molecule has 2 unspecified atom stereocenters. The van der Waals surface area contributed by atoms with E-state index in [1.165, 1.54) is 0 Å². The largest absolute Gasteiger partial charge is 0.319 e. The van der Waals surface area contributed by atoms with Gasteiger partial charge in [-0.25, -0.2) is 0 Å². The molecule has 2 heteroatoms. The highest BCUT2D eigenvalue weighted by molar-refractivity contribution is 4.90. The highest BCUT2D eigenvalue weighted by atomic mass is 15.1. The van der Waals surface area contributed by atoms with Crippen LogP contribution in [-0.4, -0.2) is 37.6 Å². The molecule has 0 aromatic rings. The molecule has 76 valence electrons. The predicted molar refractivity (Wildman–Crippen MR) is 58.6 cm³/mol. The van der Waals surface area contributed by atoms with Gasteiger partial charge in [-0.3, -0.25) is 4.90 Å². The molecular weight excluding hydrogens is 160 g/mol. The predicted octanol–water partition coefficient (Wildman–Crippen LogP) is 1.19. The van der Waals surface area contributed by atoms with E-state index in [1.54, 1.807) is 0 Å². The third-order valence-electron chi connectivity index (χ3n) is 2.63. The van der Waals surface area contributed by atoms with Crippen LogP contribution in [0.5, 0.6) is 0 Å².